The number of rotatable bonds is 3. The molecule has 35 heavy (non-hydrogen) atoms. The monoisotopic (exact) mass is 488 g/mol. The summed E-state index contributed by atoms with van der Waals surface area (Å²) in [6.07, 6.45) is 0. The number of anilines is 1. The molecule has 0 aliphatic carbocycles. The lowest BCUT2D eigenvalue weighted by atomic mass is 9.69. The van der Waals surface area contributed by atoms with Gasteiger partial charge in [0.15, 0.2) is 17.3 Å². The molecule has 1 amide bonds. The number of Topliss-reactive ketones (excluding diaryl/α,β-unsaturated/α-hetero) is 1. The molecule has 4 aliphatic heterocycles. The maximum Gasteiger partial charge on any atom is 0.250 e. The minimum absolute atomic E-state index is 0.0506. The molecular weight excluding hydrogens is 467 g/mol. The van der Waals surface area contributed by atoms with Gasteiger partial charge in [-0.3, -0.25) is 14.5 Å². The van der Waals surface area contributed by atoms with Crippen molar-refractivity contribution in [2.24, 2.45) is 5.92 Å². The van der Waals surface area contributed by atoms with Gasteiger partial charge in [-0.05, 0) is 42.0 Å². The van der Waals surface area contributed by atoms with Crippen LogP contribution in [-0.4, -0.2) is 41.1 Å². The number of benzene rings is 3. The van der Waals surface area contributed by atoms with Gasteiger partial charge in [-0.25, -0.2) is 4.39 Å². The predicted molar refractivity (Wildman–Crippen MR) is 129 cm³/mol. The second kappa shape index (κ2) is 7.57. The summed E-state index contributed by atoms with van der Waals surface area (Å²) in [6, 6.07) is 19.3. The lowest BCUT2D eigenvalue weighted by Crippen LogP contribution is -2.52. The Morgan fingerprint density at radius 3 is 2.74 bits per heavy atom. The molecule has 0 radical (unpaired) electrons. The Labute approximate surface area is 205 Å². The maximum absolute atomic E-state index is 14.6. The number of hydrogen-bond donors (Lipinski definition) is 1. The Hall–Kier alpha value is -3.36. The van der Waals surface area contributed by atoms with Gasteiger partial charge in [0.2, 0.25) is 12.7 Å². The Morgan fingerprint density at radius 2 is 1.89 bits per heavy atom. The molecule has 8 heteroatoms. The third kappa shape index (κ3) is 2.81. The third-order valence-corrected chi connectivity index (χ3v) is 8.74. The van der Waals surface area contributed by atoms with Gasteiger partial charge in [-0.15, -0.1) is 11.8 Å². The number of ether oxygens (including phenoxy) is 2. The number of nitrogens with one attached hydrogen (secondary N) is 1. The van der Waals surface area contributed by atoms with Crippen molar-refractivity contribution in [3.8, 4) is 11.5 Å². The highest BCUT2D eigenvalue weighted by atomic mass is 32.2. The van der Waals surface area contributed by atoms with Crippen molar-refractivity contribution < 1.29 is 23.5 Å². The van der Waals surface area contributed by atoms with Crippen molar-refractivity contribution in [3.63, 3.8) is 0 Å². The van der Waals surface area contributed by atoms with Crippen molar-refractivity contribution in [3.05, 3.63) is 89.2 Å². The van der Waals surface area contributed by atoms with Crippen LogP contribution in [0.2, 0.25) is 0 Å². The van der Waals surface area contributed by atoms with E-state index in [2.05, 4.69) is 10.2 Å². The minimum Gasteiger partial charge on any atom is -0.454 e. The third-order valence-electron chi connectivity index (χ3n) is 7.71. The molecule has 0 saturated carbocycles. The number of amides is 1. The molecule has 4 aliphatic rings. The van der Waals surface area contributed by atoms with E-state index in [4.69, 9.17) is 9.47 Å². The molecule has 0 bridgehead atoms. The van der Waals surface area contributed by atoms with Crippen molar-refractivity contribution in [2.45, 2.75) is 17.5 Å². The molecule has 3 aromatic rings. The van der Waals surface area contributed by atoms with E-state index >= 15 is 0 Å². The van der Waals surface area contributed by atoms with Crippen LogP contribution in [0.4, 0.5) is 10.1 Å². The fourth-order valence-electron chi connectivity index (χ4n) is 6.33. The van der Waals surface area contributed by atoms with Gasteiger partial charge in [0.05, 0.1) is 5.92 Å². The number of hydrogen-bond acceptors (Lipinski definition) is 6. The van der Waals surface area contributed by atoms with Crippen LogP contribution in [-0.2, 0) is 10.3 Å². The molecule has 7 rings (SSSR count). The van der Waals surface area contributed by atoms with Crippen LogP contribution in [0, 0.1) is 11.7 Å². The fourth-order valence-corrected chi connectivity index (χ4v) is 7.65. The zero-order valence-corrected chi connectivity index (χ0v) is 19.4. The minimum atomic E-state index is -1.31. The molecule has 2 saturated heterocycles. The first-order valence-corrected chi connectivity index (χ1v) is 12.7. The Kier molecular flexibility index (Phi) is 4.53. The van der Waals surface area contributed by atoms with Gasteiger partial charge in [-0.2, -0.15) is 0 Å². The van der Waals surface area contributed by atoms with Crippen LogP contribution < -0.4 is 14.8 Å². The summed E-state index contributed by atoms with van der Waals surface area (Å²) >= 11 is 1.74. The zero-order valence-electron chi connectivity index (χ0n) is 18.6. The van der Waals surface area contributed by atoms with Crippen molar-refractivity contribution in [2.75, 3.05) is 23.7 Å². The topological polar surface area (TPSA) is 67.9 Å². The van der Waals surface area contributed by atoms with Crippen LogP contribution in [0.25, 0.3) is 0 Å². The van der Waals surface area contributed by atoms with E-state index in [9.17, 15) is 14.0 Å². The normalized spacial score (nSPS) is 28.3. The smallest absolute Gasteiger partial charge is 0.250 e. The van der Waals surface area contributed by atoms with Gasteiger partial charge < -0.3 is 14.8 Å². The van der Waals surface area contributed by atoms with Crippen molar-refractivity contribution >= 4 is 29.1 Å². The highest BCUT2D eigenvalue weighted by Gasteiger charge is 2.69. The van der Waals surface area contributed by atoms with E-state index in [1.54, 1.807) is 36.0 Å². The van der Waals surface area contributed by atoms with Crippen LogP contribution >= 0.6 is 11.8 Å². The predicted octanol–water partition coefficient (Wildman–Crippen LogP) is 4.37. The number of thioether (sulfide) groups is 1. The molecule has 1 N–H and O–H groups in total. The number of halogens is 1. The molecule has 4 heterocycles. The van der Waals surface area contributed by atoms with Crippen LogP contribution in [0.15, 0.2) is 66.7 Å². The van der Waals surface area contributed by atoms with E-state index in [0.717, 1.165) is 11.3 Å². The van der Waals surface area contributed by atoms with Gasteiger partial charge in [-0.1, -0.05) is 30.3 Å². The molecule has 2 fully saturated rings. The molecule has 0 aromatic heterocycles. The average Bonchev–Trinajstić information content (AvgIpc) is 3.63. The first kappa shape index (κ1) is 21.0. The van der Waals surface area contributed by atoms with Crippen LogP contribution in [0.1, 0.15) is 27.4 Å². The molecule has 1 spiro atoms. The van der Waals surface area contributed by atoms with Crippen molar-refractivity contribution in [1.29, 1.82) is 0 Å². The number of carbonyl (C=O) groups excluding carboxylic acids is 2. The largest absolute Gasteiger partial charge is 0.454 e. The van der Waals surface area contributed by atoms with Crippen LogP contribution in [0.3, 0.4) is 0 Å². The second-order valence-electron chi connectivity index (χ2n) is 9.29. The Morgan fingerprint density at radius 1 is 1.06 bits per heavy atom. The lowest BCUT2D eigenvalue weighted by Gasteiger charge is -2.36. The van der Waals surface area contributed by atoms with E-state index in [1.807, 2.05) is 30.3 Å². The standard InChI is InChI=1S/C27H21FN2O4S/c28-17-7-8-19-18(11-17)27(26(32)29-19)24(25(31)16-6-9-21-22(10-16)34-14-33-21)23(15-4-2-1-3-5-15)20-12-35-13-30(20)27/h1-11,20,23-24H,12-14H2,(H,29,32)/t20?,23?,24?,27-/m1/s1. The quantitative estimate of drug-likeness (QED) is 0.553. The summed E-state index contributed by atoms with van der Waals surface area (Å²) in [6.45, 7) is 0.106. The molecule has 6 nitrogen and oxygen atoms in total. The number of fused-ring (bicyclic) bond motifs is 5. The average molecular weight is 489 g/mol. The first-order valence-electron chi connectivity index (χ1n) is 11.5. The molecule has 3 unspecified atom stereocenters. The Balaban J connectivity index is 1.47. The summed E-state index contributed by atoms with van der Waals surface area (Å²) in [5, 5.41) is 2.97. The number of carbonyl (C=O) groups is 2. The fraction of sp³-hybridized carbons (Fsp3) is 0.259. The molecular formula is C27H21FN2O4S. The van der Waals surface area contributed by atoms with Crippen molar-refractivity contribution in [1.82, 2.24) is 4.90 Å². The molecule has 3 aromatic carbocycles. The van der Waals surface area contributed by atoms with E-state index < -0.39 is 17.3 Å². The maximum atomic E-state index is 14.6. The number of nitrogens with zero attached hydrogens (tertiary/aromatic N) is 1. The van der Waals surface area contributed by atoms with Gasteiger partial charge >= 0.3 is 0 Å². The van der Waals surface area contributed by atoms with Gasteiger partial charge in [0, 0.05) is 40.4 Å². The van der Waals surface area contributed by atoms with E-state index in [1.165, 1.54) is 12.1 Å². The van der Waals surface area contributed by atoms with E-state index in [0.29, 0.717) is 34.2 Å². The number of ketones is 1. The van der Waals surface area contributed by atoms with E-state index in [-0.39, 0.29) is 30.4 Å². The zero-order chi connectivity index (χ0) is 23.7. The summed E-state index contributed by atoms with van der Waals surface area (Å²) < 4.78 is 25.6. The van der Waals surface area contributed by atoms with Gasteiger partial charge in [0.1, 0.15) is 11.4 Å². The Bertz CT molecular complexity index is 1380. The summed E-state index contributed by atoms with van der Waals surface area (Å²) in [5.74, 6) is 0.602. The van der Waals surface area contributed by atoms with Crippen LogP contribution in [0.5, 0.6) is 11.5 Å². The summed E-state index contributed by atoms with van der Waals surface area (Å²) in [5.41, 5.74) is 1.24. The highest BCUT2D eigenvalue weighted by Crippen LogP contribution is 2.61. The lowest BCUT2D eigenvalue weighted by molar-refractivity contribution is -0.127. The van der Waals surface area contributed by atoms with Gasteiger partial charge in [0.25, 0.3) is 0 Å². The first-order chi connectivity index (χ1) is 17.1. The molecule has 4 atom stereocenters. The summed E-state index contributed by atoms with van der Waals surface area (Å²) in [7, 11) is 0. The summed E-state index contributed by atoms with van der Waals surface area (Å²) in [4.78, 5) is 30.5. The SMILES string of the molecule is O=C(c1ccc2c(c1)OCO2)C1C(c2ccccc2)C2CSCN2[C@@]12C(=O)Nc1ccc(F)cc12. The molecule has 176 valence electrons. The highest BCUT2D eigenvalue weighted by molar-refractivity contribution is 7.99. The second-order valence-corrected chi connectivity index (χ2v) is 10.3.